The van der Waals surface area contributed by atoms with E-state index in [1.165, 1.54) is 0 Å². The van der Waals surface area contributed by atoms with Crippen LogP contribution in [0.4, 0.5) is 0 Å². The highest BCUT2D eigenvalue weighted by Crippen LogP contribution is 2.11. The van der Waals surface area contributed by atoms with Crippen molar-refractivity contribution in [3.63, 3.8) is 0 Å². The molecule has 0 aromatic rings. The molecule has 1 saturated heterocycles. The summed E-state index contributed by atoms with van der Waals surface area (Å²) in [5, 5.41) is 18.0. The second kappa shape index (κ2) is 3.46. The Bertz CT molecular complexity index is 131. The zero-order chi connectivity index (χ0) is 8.43. The molecule has 0 aromatic carbocycles. The third-order valence-electron chi connectivity index (χ3n) is 1.95. The van der Waals surface area contributed by atoms with Crippen LogP contribution in [-0.2, 0) is 4.74 Å². The lowest BCUT2D eigenvalue weighted by molar-refractivity contribution is -0.0902. The van der Waals surface area contributed by atoms with Crippen LogP contribution in [0.25, 0.3) is 0 Å². The van der Waals surface area contributed by atoms with E-state index in [2.05, 4.69) is 0 Å². The van der Waals surface area contributed by atoms with Crippen LogP contribution in [0.3, 0.4) is 0 Å². The van der Waals surface area contributed by atoms with Crippen molar-refractivity contribution in [1.29, 1.82) is 0 Å². The van der Waals surface area contributed by atoms with Crippen LogP contribution in [-0.4, -0.2) is 47.7 Å². The van der Waals surface area contributed by atoms with E-state index in [-0.39, 0.29) is 13.2 Å². The van der Waals surface area contributed by atoms with Gasteiger partial charge >= 0.3 is 0 Å². The van der Waals surface area contributed by atoms with Crippen LogP contribution in [0.2, 0.25) is 0 Å². The van der Waals surface area contributed by atoms with E-state index in [0.717, 1.165) is 0 Å². The number of nitrogens with two attached hydrogens (primary N) is 2. The van der Waals surface area contributed by atoms with Gasteiger partial charge < -0.3 is 26.4 Å². The Morgan fingerprint density at radius 2 is 2.09 bits per heavy atom. The van der Waals surface area contributed by atoms with E-state index < -0.39 is 24.3 Å². The molecule has 4 atom stereocenters. The molecule has 5 nitrogen and oxygen atoms in total. The largest absolute Gasteiger partial charge is 0.394 e. The summed E-state index contributed by atoms with van der Waals surface area (Å²) < 4.78 is 5.06. The van der Waals surface area contributed by atoms with Crippen molar-refractivity contribution in [1.82, 2.24) is 0 Å². The van der Waals surface area contributed by atoms with E-state index in [0.29, 0.717) is 0 Å². The van der Waals surface area contributed by atoms with E-state index in [4.69, 9.17) is 21.3 Å². The molecule has 6 N–H and O–H groups in total. The van der Waals surface area contributed by atoms with E-state index in [1.807, 2.05) is 0 Å². The number of hydrogen-bond donors (Lipinski definition) is 4. The molecule has 1 aliphatic rings. The van der Waals surface area contributed by atoms with Gasteiger partial charge in [-0.2, -0.15) is 0 Å². The topological polar surface area (TPSA) is 102 Å². The van der Waals surface area contributed by atoms with Gasteiger partial charge in [-0.1, -0.05) is 0 Å². The highest BCUT2D eigenvalue weighted by molar-refractivity contribution is 4.91. The molecule has 66 valence electrons. The molecule has 0 saturated carbocycles. The Kier molecular flexibility index (Phi) is 2.80. The van der Waals surface area contributed by atoms with Gasteiger partial charge in [0.25, 0.3) is 0 Å². The van der Waals surface area contributed by atoms with Gasteiger partial charge in [-0.3, -0.25) is 0 Å². The van der Waals surface area contributed by atoms with Crippen LogP contribution < -0.4 is 11.5 Å². The summed E-state index contributed by atoms with van der Waals surface area (Å²) in [5.41, 5.74) is 11.0. The number of aliphatic hydroxyl groups excluding tert-OH is 2. The van der Waals surface area contributed by atoms with Gasteiger partial charge in [0.2, 0.25) is 0 Å². The summed E-state index contributed by atoms with van der Waals surface area (Å²) in [6, 6.07) is -1.02. The third-order valence-corrected chi connectivity index (χ3v) is 1.95. The average Bonchev–Trinajstić information content (AvgIpc) is 2.01. The van der Waals surface area contributed by atoms with Crippen LogP contribution in [0.1, 0.15) is 0 Å². The van der Waals surface area contributed by atoms with E-state index >= 15 is 0 Å². The van der Waals surface area contributed by atoms with Gasteiger partial charge in [-0.15, -0.1) is 0 Å². The summed E-state index contributed by atoms with van der Waals surface area (Å²) >= 11 is 0. The van der Waals surface area contributed by atoms with Crippen molar-refractivity contribution in [2.45, 2.75) is 24.3 Å². The lowest BCUT2D eigenvalue weighted by Gasteiger charge is -2.35. The van der Waals surface area contributed by atoms with Crippen LogP contribution in [0, 0.1) is 0 Å². The van der Waals surface area contributed by atoms with Crippen LogP contribution in [0.5, 0.6) is 0 Å². The van der Waals surface area contributed by atoms with Crippen LogP contribution in [0.15, 0.2) is 0 Å². The van der Waals surface area contributed by atoms with Crippen molar-refractivity contribution in [2.75, 3.05) is 13.2 Å². The molecule has 1 aliphatic heterocycles. The van der Waals surface area contributed by atoms with Crippen molar-refractivity contribution in [2.24, 2.45) is 11.5 Å². The minimum atomic E-state index is -0.777. The first-order valence-corrected chi connectivity index (χ1v) is 3.58. The summed E-state index contributed by atoms with van der Waals surface area (Å²) in [6.07, 6.45) is -1.26. The standard InChI is InChI=1S/C6H14N2O3/c7-3-2-11-4(1-9)5(8)6(3)10/h3-6,9-10H,1-2,7-8H2. The molecular formula is C6H14N2O3. The van der Waals surface area contributed by atoms with Gasteiger partial charge in [0, 0.05) is 0 Å². The fourth-order valence-electron chi connectivity index (χ4n) is 1.12. The first kappa shape index (κ1) is 8.89. The Hall–Kier alpha value is -0.200. The maximum absolute atomic E-state index is 9.31. The smallest absolute Gasteiger partial charge is 0.0982 e. The maximum atomic E-state index is 9.31. The number of hydrogen-bond acceptors (Lipinski definition) is 5. The third kappa shape index (κ3) is 1.69. The molecule has 1 fully saturated rings. The van der Waals surface area contributed by atoms with Crippen molar-refractivity contribution < 1.29 is 14.9 Å². The molecule has 0 radical (unpaired) electrons. The lowest BCUT2D eigenvalue weighted by atomic mass is 9.97. The molecule has 4 unspecified atom stereocenters. The summed E-state index contributed by atoms with van der Waals surface area (Å²) in [7, 11) is 0. The molecule has 0 spiro atoms. The number of rotatable bonds is 1. The number of aliphatic hydroxyl groups is 2. The molecule has 11 heavy (non-hydrogen) atoms. The van der Waals surface area contributed by atoms with Crippen molar-refractivity contribution in [3.05, 3.63) is 0 Å². The Morgan fingerprint density at radius 1 is 1.45 bits per heavy atom. The molecule has 5 heteroatoms. The molecule has 0 aliphatic carbocycles. The quantitative estimate of drug-likeness (QED) is 0.338. The lowest BCUT2D eigenvalue weighted by Crippen LogP contribution is -2.61. The molecule has 0 bridgehead atoms. The minimum Gasteiger partial charge on any atom is -0.394 e. The van der Waals surface area contributed by atoms with Crippen molar-refractivity contribution in [3.8, 4) is 0 Å². The SMILES string of the molecule is NC1COC(CO)C(N)C1O. The first-order chi connectivity index (χ1) is 5.16. The van der Waals surface area contributed by atoms with Gasteiger partial charge in [0.15, 0.2) is 0 Å². The predicted octanol–water partition coefficient (Wildman–Crippen LogP) is -2.61. The second-order valence-corrected chi connectivity index (χ2v) is 2.79. The van der Waals surface area contributed by atoms with Crippen LogP contribution >= 0.6 is 0 Å². The van der Waals surface area contributed by atoms with Crippen molar-refractivity contribution >= 4 is 0 Å². The second-order valence-electron chi connectivity index (χ2n) is 2.79. The molecule has 0 amide bonds. The molecular weight excluding hydrogens is 148 g/mol. The van der Waals surface area contributed by atoms with Gasteiger partial charge in [-0.05, 0) is 0 Å². The summed E-state index contributed by atoms with van der Waals surface area (Å²) in [5.74, 6) is 0. The first-order valence-electron chi connectivity index (χ1n) is 3.58. The molecule has 1 heterocycles. The van der Waals surface area contributed by atoms with Gasteiger partial charge in [-0.25, -0.2) is 0 Å². The maximum Gasteiger partial charge on any atom is 0.0982 e. The zero-order valence-electron chi connectivity index (χ0n) is 6.18. The fourth-order valence-corrected chi connectivity index (χ4v) is 1.12. The Morgan fingerprint density at radius 3 is 2.64 bits per heavy atom. The van der Waals surface area contributed by atoms with E-state index in [1.54, 1.807) is 0 Å². The Labute approximate surface area is 64.9 Å². The summed E-state index contributed by atoms with van der Waals surface area (Å²) in [4.78, 5) is 0. The Balaban J connectivity index is 2.52. The average molecular weight is 162 g/mol. The zero-order valence-corrected chi connectivity index (χ0v) is 6.18. The van der Waals surface area contributed by atoms with Gasteiger partial charge in [0.05, 0.1) is 37.5 Å². The summed E-state index contributed by atoms with van der Waals surface area (Å²) in [6.45, 7) is 0.0744. The van der Waals surface area contributed by atoms with Gasteiger partial charge in [0.1, 0.15) is 0 Å². The van der Waals surface area contributed by atoms with E-state index in [9.17, 15) is 5.11 Å². The fraction of sp³-hybridized carbons (Fsp3) is 1.00. The molecule has 0 aromatic heterocycles. The predicted molar refractivity (Wildman–Crippen MR) is 38.8 cm³/mol. The highest BCUT2D eigenvalue weighted by Gasteiger charge is 2.34. The monoisotopic (exact) mass is 162 g/mol. The molecule has 1 rings (SSSR count). The number of ether oxygens (including phenoxy) is 1. The normalized spacial score (nSPS) is 45.8. The highest BCUT2D eigenvalue weighted by atomic mass is 16.5. The minimum absolute atomic E-state index is 0.176.